The van der Waals surface area contributed by atoms with Gasteiger partial charge in [-0.3, -0.25) is 14.9 Å². The van der Waals surface area contributed by atoms with Crippen molar-refractivity contribution in [1.82, 2.24) is 0 Å². The number of furan rings is 1. The Morgan fingerprint density at radius 3 is 2.56 bits per heavy atom. The van der Waals surface area contributed by atoms with Crippen LogP contribution in [0.3, 0.4) is 0 Å². The van der Waals surface area contributed by atoms with E-state index in [4.69, 9.17) is 9.15 Å². The van der Waals surface area contributed by atoms with E-state index >= 15 is 0 Å². The first-order valence-corrected chi connectivity index (χ1v) is 10.9. The van der Waals surface area contributed by atoms with Crippen LogP contribution >= 0.6 is 0 Å². The molecule has 9 nitrogen and oxygen atoms in total. The van der Waals surface area contributed by atoms with Crippen molar-refractivity contribution >= 4 is 34.8 Å². The number of benzene rings is 2. The second-order valence-corrected chi connectivity index (χ2v) is 7.96. The Labute approximate surface area is 195 Å². The molecule has 1 fully saturated rings. The molecular weight excluding hydrogens is 436 g/mol. The van der Waals surface area contributed by atoms with E-state index in [1.165, 1.54) is 11.1 Å². The molecule has 0 aliphatic carbocycles. The number of hydrogen-bond donors (Lipinski definition) is 0. The highest BCUT2D eigenvalue weighted by molar-refractivity contribution is 6.32. The maximum absolute atomic E-state index is 12.9. The number of rotatable bonds is 5. The second kappa shape index (κ2) is 8.95. The lowest BCUT2D eigenvalue weighted by Gasteiger charge is -2.28. The molecule has 172 valence electrons. The Morgan fingerprint density at radius 2 is 1.82 bits per heavy atom. The molecule has 2 aliphatic heterocycles. The smallest absolute Gasteiger partial charge is 0.293 e. The van der Waals surface area contributed by atoms with Crippen LogP contribution in [0.15, 0.2) is 75.8 Å². The van der Waals surface area contributed by atoms with Gasteiger partial charge in [-0.15, -0.1) is 0 Å². The first-order chi connectivity index (χ1) is 16.5. The van der Waals surface area contributed by atoms with Crippen LogP contribution in [-0.4, -0.2) is 42.8 Å². The number of anilines is 2. The monoisotopic (exact) mass is 458 g/mol. The third-order valence-corrected chi connectivity index (χ3v) is 5.79. The zero-order valence-electron chi connectivity index (χ0n) is 18.5. The van der Waals surface area contributed by atoms with E-state index in [-0.39, 0.29) is 16.5 Å². The highest BCUT2D eigenvalue weighted by Gasteiger charge is 2.29. The molecular formula is C25H22N4O5. The predicted octanol–water partition coefficient (Wildman–Crippen LogP) is 4.50. The van der Waals surface area contributed by atoms with Crippen molar-refractivity contribution in [1.29, 1.82) is 0 Å². The minimum Gasteiger partial charge on any atom is -0.457 e. The summed E-state index contributed by atoms with van der Waals surface area (Å²) in [6.07, 6.45) is 1.64. The second-order valence-electron chi connectivity index (χ2n) is 7.96. The number of morpholine rings is 1. The van der Waals surface area contributed by atoms with Gasteiger partial charge < -0.3 is 14.1 Å². The third kappa shape index (κ3) is 4.08. The number of nitrogens with zero attached hydrogens (tertiary/aromatic N) is 4. The fraction of sp³-hybridized carbons (Fsp3) is 0.200. The molecule has 5 rings (SSSR count). The number of para-hydroxylation sites is 1. The zero-order valence-corrected chi connectivity index (χ0v) is 18.5. The van der Waals surface area contributed by atoms with E-state index in [9.17, 15) is 14.9 Å². The van der Waals surface area contributed by atoms with Gasteiger partial charge in [0.15, 0.2) is 0 Å². The summed E-state index contributed by atoms with van der Waals surface area (Å²) < 4.78 is 11.3. The van der Waals surface area contributed by atoms with Crippen molar-refractivity contribution in [2.45, 2.75) is 6.92 Å². The molecule has 2 aromatic carbocycles. The average molecular weight is 458 g/mol. The molecule has 0 spiro atoms. The van der Waals surface area contributed by atoms with Crippen LogP contribution in [0.2, 0.25) is 0 Å². The van der Waals surface area contributed by atoms with Gasteiger partial charge in [0, 0.05) is 24.7 Å². The summed E-state index contributed by atoms with van der Waals surface area (Å²) in [4.78, 5) is 26.2. The van der Waals surface area contributed by atoms with Crippen molar-refractivity contribution in [2.24, 2.45) is 5.10 Å². The van der Waals surface area contributed by atoms with Crippen LogP contribution in [0.5, 0.6) is 0 Å². The molecule has 3 aromatic rings. The molecule has 0 bridgehead atoms. The van der Waals surface area contributed by atoms with Crippen LogP contribution in [0.1, 0.15) is 12.7 Å². The summed E-state index contributed by atoms with van der Waals surface area (Å²) >= 11 is 0. The third-order valence-electron chi connectivity index (χ3n) is 5.79. The highest BCUT2D eigenvalue weighted by Crippen LogP contribution is 2.35. The van der Waals surface area contributed by atoms with Gasteiger partial charge in [-0.2, -0.15) is 10.1 Å². The van der Waals surface area contributed by atoms with Gasteiger partial charge in [0.05, 0.1) is 35.1 Å². The molecule has 3 heterocycles. The minimum atomic E-state index is -0.380. The van der Waals surface area contributed by atoms with Crippen LogP contribution in [0.4, 0.5) is 17.1 Å². The molecule has 1 saturated heterocycles. The Bertz CT molecular complexity index is 1310. The summed E-state index contributed by atoms with van der Waals surface area (Å²) in [7, 11) is 0. The molecule has 0 radical (unpaired) electrons. The minimum absolute atomic E-state index is 0.0168. The average Bonchev–Trinajstić information content (AvgIpc) is 3.45. The number of nitro benzene ring substituents is 1. The molecule has 1 aromatic heterocycles. The van der Waals surface area contributed by atoms with Crippen LogP contribution in [0.25, 0.3) is 17.4 Å². The van der Waals surface area contributed by atoms with Gasteiger partial charge in [0.25, 0.3) is 11.6 Å². The fourth-order valence-corrected chi connectivity index (χ4v) is 4.05. The topological polar surface area (TPSA) is 101 Å². The Morgan fingerprint density at radius 1 is 1.06 bits per heavy atom. The molecule has 1 amide bonds. The Balaban J connectivity index is 1.41. The highest BCUT2D eigenvalue weighted by atomic mass is 16.6. The number of hydrogen-bond acceptors (Lipinski definition) is 7. The van der Waals surface area contributed by atoms with Gasteiger partial charge >= 0.3 is 0 Å². The predicted molar refractivity (Wildman–Crippen MR) is 129 cm³/mol. The van der Waals surface area contributed by atoms with E-state index in [2.05, 4.69) is 5.10 Å². The summed E-state index contributed by atoms with van der Waals surface area (Å²) in [5, 5.41) is 17.5. The molecule has 9 heteroatoms. The Hall–Kier alpha value is -4.24. The molecule has 2 aliphatic rings. The summed E-state index contributed by atoms with van der Waals surface area (Å²) in [5.74, 6) is 0.693. The SMILES string of the molecule is CC1=NN(c2ccccc2)C(=O)/C1=C\c1ccc(-c2ccc(N3CCOCC3)c([N+](=O)[O-])c2)o1. The number of carbonyl (C=O) groups is 1. The lowest BCUT2D eigenvalue weighted by molar-refractivity contribution is -0.384. The largest absolute Gasteiger partial charge is 0.457 e. The van der Waals surface area contributed by atoms with Gasteiger partial charge in [-0.25, -0.2) is 0 Å². The van der Waals surface area contributed by atoms with E-state index in [1.54, 1.807) is 37.3 Å². The van der Waals surface area contributed by atoms with Crippen LogP contribution < -0.4 is 9.91 Å². The van der Waals surface area contributed by atoms with Gasteiger partial charge in [0.1, 0.15) is 17.2 Å². The van der Waals surface area contributed by atoms with Crippen molar-refractivity contribution in [2.75, 3.05) is 36.2 Å². The van der Waals surface area contributed by atoms with Crippen LogP contribution in [0, 0.1) is 10.1 Å². The normalized spacial score (nSPS) is 17.4. The first kappa shape index (κ1) is 21.6. The first-order valence-electron chi connectivity index (χ1n) is 10.9. The van der Waals surface area contributed by atoms with Gasteiger partial charge in [-0.1, -0.05) is 18.2 Å². The molecule has 0 atom stereocenters. The van der Waals surface area contributed by atoms with Gasteiger partial charge in [0.2, 0.25) is 0 Å². The maximum Gasteiger partial charge on any atom is 0.293 e. The molecule has 0 unspecified atom stereocenters. The summed E-state index contributed by atoms with van der Waals surface area (Å²) in [5.41, 5.74) is 2.86. The molecule has 0 N–H and O–H groups in total. The maximum atomic E-state index is 12.9. The Kier molecular flexibility index (Phi) is 5.69. The number of ether oxygens (including phenoxy) is 1. The number of nitro groups is 1. The number of amides is 1. The van der Waals surface area contributed by atoms with E-state index < -0.39 is 0 Å². The van der Waals surface area contributed by atoms with Crippen molar-refractivity contribution in [3.63, 3.8) is 0 Å². The van der Waals surface area contributed by atoms with Gasteiger partial charge in [-0.05, 0) is 49.4 Å². The van der Waals surface area contributed by atoms with Crippen LogP contribution in [-0.2, 0) is 9.53 Å². The van der Waals surface area contributed by atoms with Crippen molar-refractivity contribution in [3.8, 4) is 11.3 Å². The summed E-state index contributed by atoms with van der Waals surface area (Å²) in [6, 6.07) is 17.7. The standard InChI is InChI=1S/C25H22N4O5/c1-17-21(25(30)28(26-17)19-5-3-2-4-6-19)16-20-8-10-24(34-20)18-7-9-22(23(15-18)29(31)32)27-11-13-33-14-12-27/h2-10,15-16H,11-14H2,1H3/b21-16-. The lowest BCUT2D eigenvalue weighted by Crippen LogP contribution is -2.36. The van der Waals surface area contributed by atoms with E-state index in [0.29, 0.717) is 66.0 Å². The fourth-order valence-electron chi connectivity index (χ4n) is 4.05. The zero-order chi connectivity index (χ0) is 23.7. The lowest BCUT2D eigenvalue weighted by atomic mass is 10.1. The number of carbonyl (C=O) groups excluding carboxylic acids is 1. The summed E-state index contributed by atoms with van der Waals surface area (Å²) in [6.45, 7) is 4.06. The van der Waals surface area contributed by atoms with E-state index in [0.717, 1.165) is 0 Å². The molecule has 34 heavy (non-hydrogen) atoms. The quantitative estimate of drug-likeness (QED) is 0.317. The molecule has 0 saturated carbocycles. The van der Waals surface area contributed by atoms with E-state index in [1.807, 2.05) is 35.2 Å². The van der Waals surface area contributed by atoms with Crippen molar-refractivity contribution in [3.05, 3.63) is 82.1 Å². The van der Waals surface area contributed by atoms with Crippen molar-refractivity contribution < 1.29 is 18.9 Å². The number of hydrazone groups is 1.